The van der Waals surface area contributed by atoms with Gasteiger partial charge in [-0.05, 0) is 51.2 Å². The molecule has 1 aromatic heterocycles. The van der Waals surface area contributed by atoms with Crippen molar-refractivity contribution < 1.29 is 17.9 Å². The number of alkyl halides is 3. The summed E-state index contributed by atoms with van der Waals surface area (Å²) < 4.78 is 40.3. The Balaban J connectivity index is 3.09. The largest absolute Gasteiger partial charge is 0.573 e. The SMILES string of the molecule is NCc1cc(I)c(OC(F)(F)F)c(I)n1. The monoisotopic (exact) mass is 444 g/mol. The maximum absolute atomic E-state index is 12.0. The molecule has 0 aliphatic rings. The quantitative estimate of drug-likeness (QED) is 0.564. The van der Waals surface area contributed by atoms with Crippen LogP contribution in [-0.4, -0.2) is 11.3 Å². The molecule has 0 aliphatic heterocycles. The molecular weight excluding hydrogens is 439 g/mol. The van der Waals surface area contributed by atoms with Crippen molar-refractivity contribution in [2.24, 2.45) is 5.73 Å². The number of nitrogens with two attached hydrogens (primary N) is 1. The Hall–Kier alpha value is 0.160. The minimum Gasteiger partial charge on any atom is -0.402 e. The van der Waals surface area contributed by atoms with Crippen molar-refractivity contribution in [3.63, 3.8) is 0 Å². The Morgan fingerprint density at radius 3 is 2.40 bits per heavy atom. The van der Waals surface area contributed by atoms with Crippen molar-refractivity contribution in [2.75, 3.05) is 0 Å². The number of ether oxygens (including phenoxy) is 1. The lowest BCUT2D eigenvalue weighted by Crippen LogP contribution is -2.19. The zero-order valence-corrected chi connectivity index (χ0v) is 11.4. The zero-order valence-electron chi connectivity index (χ0n) is 7.11. The summed E-state index contributed by atoms with van der Waals surface area (Å²) in [5, 5.41) is 0. The molecule has 1 heterocycles. The van der Waals surface area contributed by atoms with Crippen LogP contribution in [0.4, 0.5) is 13.2 Å². The summed E-state index contributed by atoms with van der Waals surface area (Å²) in [6.07, 6.45) is -4.70. The van der Waals surface area contributed by atoms with E-state index in [4.69, 9.17) is 5.73 Å². The molecule has 0 aliphatic carbocycles. The number of hydrogen-bond donors (Lipinski definition) is 1. The molecule has 0 radical (unpaired) electrons. The molecule has 1 rings (SSSR count). The predicted octanol–water partition coefficient (Wildman–Crippen LogP) is 2.65. The molecule has 0 atom stereocenters. The highest BCUT2D eigenvalue weighted by Crippen LogP contribution is 2.31. The predicted molar refractivity (Wildman–Crippen MR) is 64.2 cm³/mol. The number of aromatic nitrogens is 1. The van der Waals surface area contributed by atoms with Gasteiger partial charge in [-0.3, -0.25) is 0 Å². The summed E-state index contributed by atoms with van der Waals surface area (Å²) in [5.74, 6) is -0.277. The van der Waals surface area contributed by atoms with E-state index in [1.165, 1.54) is 6.07 Å². The van der Waals surface area contributed by atoms with E-state index in [-0.39, 0.29) is 16.0 Å². The van der Waals surface area contributed by atoms with Gasteiger partial charge in [0.15, 0.2) is 5.75 Å². The lowest BCUT2D eigenvalue weighted by atomic mass is 10.3. The Kier molecular flexibility index (Phi) is 4.40. The molecule has 0 bridgehead atoms. The van der Waals surface area contributed by atoms with E-state index in [1.807, 2.05) is 0 Å². The maximum atomic E-state index is 12.0. The molecular formula is C7H5F3I2N2O. The normalized spacial score (nSPS) is 11.6. The number of rotatable bonds is 2. The van der Waals surface area contributed by atoms with Crippen LogP contribution < -0.4 is 10.5 Å². The van der Waals surface area contributed by atoms with Crippen LogP contribution in [0.5, 0.6) is 5.75 Å². The van der Waals surface area contributed by atoms with Gasteiger partial charge in [0.2, 0.25) is 0 Å². The van der Waals surface area contributed by atoms with E-state index in [0.717, 1.165) is 0 Å². The summed E-state index contributed by atoms with van der Waals surface area (Å²) in [4.78, 5) is 3.87. The fraction of sp³-hybridized carbons (Fsp3) is 0.286. The number of nitrogens with zero attached hydrogens (tertiary/aromatic N) is 1. The van der Waals surface area contributed by atoms with Gasteiger partial charge in [0.05, 0.1) is 9.26 Å². The Morgan fingerprint density at radius 1 is 1.40 bits per heavy atom. The summed E-state index contributed by atoms with van der Waals surface area (Å²) in [5.41, 5.74) is 5.86. The molecule has 0 aromatic carbocycles. The topological polar surface area (TPSA) is 48.1 Å². The second-order valence-corrected chi connectivity index (χ2v) is 4.65. The smallest absolute Gasteiger partial charge is 0.402 e. The van der Waals surface area contributed by atoms with Gasteiger partial charge in [-0.2, -0.15) is 0 Å². The first-order chi connectivity index (χ1) is 6.83. The number of hydrogen-bond acceptors (Lipinski definition) is 3. The third-order valence-electron chi connectivity index (χ3n) is 1.37. The average Bonchev–Trinajstić information content (AvgIpc) is 2.09. The van der Waals surface area contributed by atoms with Gasteiger partial charge in [-0.25, -0.2) is 4.98 Å². The molecule has 84 valence electrons. The molecule has 0 fully saturated rings. The average molecular weight is 444 g/mol. The molecule has 0 spiro atoms. The molecule has 1 aromatic rings. The minimum absolute atomic E-state index is 0.150. The Labute approximate surface area is 111 Å². The fourth-order valence-electron chi connectivity index (χ4n) is 0.831. The number of halogens is 5. The fourth-order valence-corrected chi connectivity index (χ4v) is 2.78. The molecule has 0 saturated heterocycles. The Morgan fingerprint density at radius 2 is 2.00 bits per heavy atom. The van der Waals surface area contributed by atoms with Gasteiger partial charge in [0.1, 0.15) is 3.70 Å². The van der Waals surface area contributed by atoms with Crippen LogP contribution in [0.15, 0.2) is 6.07 Å². The third-order valence-corrected chi connectivity index (χ3v) is 2.90. The lowest BCUT2D eigenvalue weighted by Gasteiger charge is -2.12. The van der Waals surface area contributed by atoms with Crippen LogP contribution in [0.3, 0.4) is 0 Å². The molecule has 0 unspecified atom stereocenters. The van der Waals surface area contributed by atoms with Crippen molar-refractivity contribution in [1.82, 2.24) is 4.98 Å². The van der Waals surface area contributed by atoms with Gasteiger partial charge >= 0.3 is 6.36 Å². The first-order valence-corrected chi connectivity index (χ1v) is 5.80. The van der Waals surface area contributed by atoms with E-state index in [2.05, 4.69) is 9.72 Å². The van der Waals surface area contributed by atoms with Gasteiger partial charge in [-0.1, -0.05) is 0 Å². The second-order valence-electron chi connectivity index (χ2n) is 2.47. The van der Waals surface area contributed by atoms with E-state index >= 15 is 0 Å². The third kappa shape index (κ3) is 3.90. The molecule has 3 nitrogen and oxygen atoms in total. The van der Waals surface area contributed by atoms with Crippen molar-refractivity contribution in [3.05, 3.63) is 19.0 Å². The maximum Gasteiger partial charge on any atom is 0.573 e. The second kappa shape index (κ2) is 4.99. The first-order valence-electron chi connectivity index (χ1n) is 3.64. The van der Waals surface area contributed by atoms with E-state index < -0.39 is 6.36 Å². The Bertz CT molecular complexity index is 347. The summed E-state index contributed by atoms with van der Waals surface area (Å²) in [7, 11) is 0. The van der Waals surface area contributed by atoms with Crippen LogP contribution in [0.2, 0.25) is 0 Å². The van der Waals surface area contributed by atoms with Crippen molar-refractivity contribution in [1.29, 1.82) is 0 Å². The van der Waals surface area contributed by atoms with Crippen molar-refractivity contribution >= 4 is 45.2 Å². The molecule has 0 amide bonds. The van der Waals surface area contributed by atoms with Gasteiger partial charge < -0.3 is 10.5 Å². The zero-order chi connectivity index (χ0) is 11.6. The molecule has 15 heavy (non-hydrogen) atoms. The summed E-state index contributed by atoms with van der Waals surface area (Å²) in [6, 6.07) is 1.46. The van der Waals surface area contributed by atoms with Crippen molar-refractivity contribution in [3.8, 4) is 5.75 Å². The van der Waals surface area contributed by atoms with E-state index in [0.29, 0.717) is 9.26 Å². The van der Waals surface area contributed by atoms with E-state index in [1.54, 1.807) is 45.2 Å². The van der Waals surface area contributed by atoms with Gasteiger partial charge in [-0.15, -0.1) is 13.2 Å². The highest BCUT2D eigenvalue weighted by Gasteiger charge is 2.33. The standard InChI is InChI=1S/C7H5F3I2N2O/c8-7(9,10)15-5-4(11)1-3(2-13)14-6(5)12/h1H,2,13H2. The van der Waals surface area contributed by atoms with Crippen LogP contribution >= 0.6 is 45.2 Å². The van der Waals surface area contributed by atoms with Gasteiger partial charge in [0.25, 0.3) is 0 Å². The lowest BCUT2D eigenvalue weighted by molar-refractivity contribution is -0.275. The highest BCUT2D eigenvalue weighted by atomic mass is 127. The molecule has 0 saturated carbocycles. The van der Waals surface area contributed by atoms with Crippen LogP contribution in [0.1, 0.15) is 5.69 Å². The highest BCUT2D eigenvalue weighted by molar-refractivity contribution is 14.1. The minimum atomic E-state index is -4.70. The molecule has 8 heteroatoms. The van der Waals surface area contributed by atoms with E-state index in [9.17, 15) is 13.2 Å². The van der Waals surface area contributed by atoms with Crippen LogP contribution in [0.25, 0.3) is 0 Å². The van der Waals surface area contributed by atoms with Crippen LogP contribution in [0, 0.1) is 7.27 Å². The van der Waals surface area contributed by atoms with Crippen LogP contribution in [-0.2, 0) is 6.54 Å². The summed E-state index contributed by atoms with van der Waals surface area (Å²) in [6.45, 7) is 0.179. The van der Waals surface area contributed by atoms with Crippen molar-refractivity contribution in [2.45, 2.75) is 12.9 Å². The number of pyridine rings is 1. The first kappa shape index (κ1) is 13.2. The van der Waals surface area contributed by atoms with Gasteiger partial charge in [0, 0.05) is 6.54 Å². The summed E-state index contributed by atoms with van der Waals surface area (Å²) >= 11 is 3.43. The molecule has 2 N–H and O–H groups in total.